The maximum Gasteiger partial charge on any atom is 0.321 e. The molecule has 0 radical (unpaired) electrons. The lowest BCUT2D eigenvalue weighted by atomic mass is 9.82. The average molecular weight is 419 g/mol. The number of carbonyl (C=O) groups excluding carboxylic acids is 1. The molecule has 4 rings (SSSR count). The molecule has 2 amide bonds. The molecule has 0 saturated carbocycles. The number of carbonyl (C=O) groups is 1. The number of nitrogens with one attached hydrogen (secondary N) is 1. The van der Waals surface area contributed by atoms with Gasteiger partial charge in [0, 0.05) is 50.0 Å². The Labute approximate surface area is 175 Å². The van der Waals surface area contributed by atoms with Gasteiger partial charge in [-0.05, 0) is 12.1 Å². The Bertz CT molecular complexity index is 886. The molecule has 2 atom stereocenters. The first kappa shape index (κ1) is 20.2. The lowest BCUT2D eigenvalue weighted by molar-refractivity contribution is 0.115. The minimum atomic E-state index is -0.303. The second-order valence-corrected chi connectivity index (χ2v) is 8.92. The van der Waals surface area contributed by atoms with Gasteiger partial charge in [-0.15, -0.1) is 0 Å². The van der Waals surface area contributed by atoms with Crippen LogP contribution in [0.3, 0.4) is 0 Å². The summed E-state index contributed by atoms with van der Waals surface area (Å²) in [6, 6.07) is 7.01. The summed E-state index contributed by atoms with van der Waals surface area (Å²) in [6.07, 6.45) is 1.72. The standard InChI is InChI=1S/C21H27ClN4O3/c1-14(2)19-23-16(10-29-19)9-25-7-15-8-26(12-21(15,11-25)13-27)20(28)24-18-6-4-3-5-17(18)22/h3-6,10,14-15,27H,7-9,11-13H2,1-2H3,(H,24,28). The van der Waals surface area contributed by atoms with Crippen LogP contribution in [-0.4, -0.2) is 58.7 Å². The van der Waals surface area contributed by atoms with Gasteiger partial charge in [0.25, 0.3) is 0 Å². The quantitative estimate of drug-likeness (QED) is 0.777. The summed E-state index contributed by atoms with van der Waals surface area (Å²) in [5.74, 6) is 1.23. The van der Waals surface area contributed by atoms with Crippen molar-refractivity contribution >= 4 is 23.3 Å². The predicted molar refractivity (Wildman–Crippen MR) is 111 cm³/mol. The first-order valence-electron chi connectivity index (χ1n) is 9.98. The van der Waals surface area contributed by atoms with Gasteiger partial charge in [-0.1, -0.05) is 37.6 Å². The third-order valence-electron chi connectivity index (χ3n) is 6.00. The van der Waals surface area contributed by atoms with E-state index < -0.39 is 0 Å². The van der Waals surface area contributed by atoms with Crippen LogP contribution in [0.25, 0.3) is 0 Å². The van der Waals surface area contributed by atoms with Crippen molar-refractivity contribution in [1.82, 2.24) is 14.8 Å². The molecule has 2 aliphatic rings. The van der Waals surface area contributed by atoms with Crippen molar-refractivity contribution in [1.29, 1.82) is 0 Å². The van der Waals surface area contributed by atoms with E-state index in [0.29, 0.717) is 30.3 Å². The van der Waals surface area contributed by atoms with Crippen molar-refractivity contribution in [3.63, 3.8) is 0 Å². The van der Waals surface area contributed by atoms with Crippen LogP contribution in [0.15, 0.2) is 34.9 Å². The second kappa shape index (κ2) is 7.97. The zero-order valence-corrected chi connectivity index (χ0v) is 17.5. The highest BCUT2D eigenvalue weighted by Crippen LogP contribution is 2.42. The van der Waals surface area contributed by atoms with Gasteiger partial charge in [0.2, 0.25) is 0 Å². The van der Waals surface area contributed by atoms with Crippen molar-refractivity contribution in [3.8, 4) is 0 Å². The fourth-order valence-electron chi connectivity index (χ4n) is 4.44. The molecule has 2 unspecified atom stereocenters. The fraction of sp³-hybridized carbons (Fsp3) is 0.524. The summed E-state index contributed by atoms with van der Waals surface area (Å²) >= 11 is 6.15. The number of rotatable bonds is 5. The SMILES string of the molecule is CC(C)c1nc(CN2CC3CN(C(=O)Nc4ccccc4Cl)CC3(CO)C2)co1. The van der Waals surface area contributed by atoms with Gasteiger partial charge in [-0.3, -0.25) is 4.90 Å². The minimum Gasteiger partial charge on any atom is -0.448 e. The summed E-state index contributed by atoms with van der Waals surface area (Å²) in [5, 5.41) is 13.6. The first-order valence-corrected chi connectivity index (χ1v) is 10.4. The van der Waals surface area contributed by atoms with E-state index in [1.165, 1.54) is 0 Å². The molecular formula is C21H27ClN4O3. The highest BCUT2D eigenvalue weighted by Gasteiger charge is 2.53. The lowest BCUT2D eigenvalue weighted by Crippen LogP contribution is -2.40. The number of urea groups is 1. The van der Waals surface area contributed by atoms with Gasteiger partial charge < -0.3 is 19.7 Å². The van der Waals surface area contributed by atoms with Crippen LogP contribution in [-0.2, 0) is 6.54 Å². The Kier molecular flexibility index (Phi) is 5.55. The maximum absolute atomic E-state index is 12.7. The number of likely N-dealkylation sites (tertiary alicyclic amines) is 2. The molecule has 0 aliphatic carbocycles. The van der Waals surface area contributed by atoms with Gasteiger partial charge in [-0.25, -0.2) is 9.78 Å². The van der Waals surface area contributed by atoms with Gasteiger partial charge in [-0.2, -0.15) is 0 Å². The Balaban J connectivity index is 1.39. The van der Waals surface area contributed by atoms with E-state index in [-0.39, 0.29) is 29.9 Å². The zero-order valence-electron chi connectivity index (χ0n) is 16.8. The number of anilines is 1. The largest absolute Gasteiger partial charge is 0.448 e. The van der Waals surface area contributed by atoms with Crippen LogP contribution in [0.1, 0.15) is 31.4 Å². The lowest BCUT2D eigenvalue weighted by Gasteiger charge is -2.27. The van der Waals surface area contributed by atoms with Crippen LogP contribution >= 0.6 is 11.6 Å². The van der Waals surface area contributed by atoms with E-state index in [9.17, 15) is 9.90 Å². The molecule has 2 fully saturated rings. The molecule has 8 heteroatoms. The number of para-hydroxylation sites is 1. The molecule has 1 aromatic carbocycles. The Morgan fingerprint density at radius 1 is 1.38 bits per heavy atom. The molecule has 2 aromatic rings. The summed E-state index contributed by atoms with van der Waals surface area (Å²) in [5.41, 5.74) is 1.21. The average Bonchev–Trinajstić information content (AvgIpc) is 3.36. The number of benzene rings is 1. The van der Waals surface area contributed by atoms with E-state index >= 15 is 0 Å². The molecule has 3 heterocycles. The third-order valence-corrected chi connectivity index (χ3v) is 6.33. The number of halogens is 1. The molecule has 2 saturated heterocycles. The number of aromatic nitrogens is 1. The zero-order chi connectivity index (χ0) is 20.6. The number of amides is 2. The number of aliphatic hydroxyl groups excluding tert-OH is 1. The molecule has 0 bridgehead atoms. The van der Waals surface area contributed by atoms with Crippen LogP contribution in [0.5, 0.6) is 0 Å². The fourth-order valence-corrected chi connectivity index (χ4v) is 4.62. The predicted octanol–water partition coefficient (Wildman–Crippen LogP) is 3.41. The summed E-state index contributed by atoms with van der Waals surface area (Å²) in [6.45, 7) is 7.55. The third kappa shape index (κ3) is 3.99. The van der Waals surface area contributed by atoms with Gasteiger partial charge in [0.15, 0.2) is 5.89 Å². The van der Waals surface area contributed by atoms with Crippen molar-refractivity contribution in [2.45, 2.75) is 26.3 Å². The van der Waals surface area contributed by atoms with E-state index in [1.807, 2.05) is 12.1 Å². The smallest absolute Gasteiger partial charge is 0.321 e. The molecule has 1 aromatic heterocycles. The molecule has 2 N–H and O–H groups in total. The van der Waals surface area contributed by atoms with E-state index in [0.717, 1.165) is 24.7 Å². The molecule has 29 heavy (non-hydrogen) atoms. The Hall–Kier alpha value is -2.09. The topological polar surface area (TPSA) is 81.8 Å². The van der Waals surface area contributed by atoms with Gasteiger partial charge in [0.1, 0.15) is 6.26 Å². The van der Waals surface area contributed by atoms with E-state index in [4.69, 9.17) is 16.0 Å². The van der Waals surface area contributed by atoms with Crippen molar-refractivity contribution in [3.05, 3.63) is 47.1 Å². The molecule has 7 nitrogen and oxygen atoms in total. The molecule has 156 valence electrons. The molecular weight excluding hydrogens is 392 g/mol. The van der Waals surface area contributed by atoms with Crippen LogP contribution in [0.2, 0.25) is 5.02 Å². The highest BCUT2D eigenvalue weighted by atomic mass is 35.5. The Morgan fingerprint density at radius 3 is 2.83 bits per heavy atom. The van der Waals surface area contributed by atoms with E-state index in [1.54, 1.807) is 23.3 Å². The number of nitrogens with zero attached hydrogens (tertiary/aromatic N) is 3. The van der Waals surface area contributed by atoms with Crippen molar-refractivity contribution in [2.24, 2.45) is 11.3 Å². The maximum atomic E-state index is 12.7. The van der Waals surface area contributed by atoms with Crippen LogP contribution in [0.4, 0.5) is 10.5 Å². The first-order chi connectivity index (χ1) is 13.9. The van der Waals surface area contributed by atoms with E-state index in [2.05, 4.69) is 29.0 Å². The summed E-state index contributed by atoms with van der Waals surface area (Å²) in [4.78, 5) is 21.4. The minimum absolute atomic E-state index is 0.0557. The van der Waals surface area contributed by atoms with Crippen molar-refractivity contribution in [2.75, 3.05) is 38.1 Å². The number of hydrogen-bond donors (Lipinski definition) is 2. The van der Waals surface area contributed by atoms with Crippen LogP contribution < -0.4 is 5.32 Å². The van der Waals surface area contributed by atoms with Crippen LogP contribution in [0, 0.1) is 11.3 Å². The number of aliphatic hydroxyl groups is 1. The number of oxazole rings is 1. The van der Waals surface area contributed by atoms with Gasteiger partial charge >= 0.3 is 6.03 Å². The second-order valence-electron chi connectivity index (χ2n) is 8.51. The van der Waals surface area contributed by atoms with Gasteiger partial charge in [0.05, 0.1) is 23.0 Å². The summed E-state index contributed by atoms with van der Waals surface area (Å²) < 4.78 is 5.54. The normalized spacial score (nSPS) is 24.3. The number of hydrogen-bond acceptors (Lipinski definition) is 5. The molecule has 0 spiro atoms. The highest BCUT2D eigenvalue weighted by molar-refractivity contribution is 6.33. The molecule has 2 aliphatic heterocycles. The number of fused-ring (bicyclic) bond motifs is 1. The monoisotopic (exact) mass is 418 g/mol. The summed E-state index contributed by atoms with van der Waals surface area (Å²) in [7, 11) is 0. The Morgan fingerprint density at radius 2 is 2.17 bits per heavy atom. The van der Waals surface area contributed by atoms with Crippen molar-refractivity contribution < 1.29 is 14.3 Å².